The maximum Gasteiger partial charge on any atom is 0.321 e. The van der Waals surface area contributed by atoms with E-state index in [9.17, 15) is 4.79 Å². The topological polar surface area (TPSA) is 74.0 Å². The number of carbonyl (C=O) groups is 1. The molecule has 0 saturated carbocycles. The van der Waals surface area contributed by atoms with E-state index in [1.165, 1.54) is 0 Å². The van der Waals surface area contributed by atoms with Gasteiger partial charge in [-0.25, -0.2) is 4.79 Å². The quantitative estimate of drug-likeness (QED) is 0.925. The van der Waals surface area contributed by atoms with Crippen LogP contribution in [0.2, 0.25) is 0 Å². The van der Waals surface area contributed by atoms with E-state index in [4.69, 9.17) is 5.26 Å². The van der Waals surface area contributed by atoms with Crippen LogP contribution in [0.1, 0.15) is 11.1 Å². The van der Waals surface area contributed by atoms with E-state index in [0.29, 0.717) is 17.8 Å². The first kappa shape index (κ1) is 13.6. The second kappa shape index (κ2) is 5.89. The second-order valence-corrected chi connectivity index (χ2v) is 4.50. The fraction of sp³-hybridized carbons (Fsp3) is 0.214. The van der Waals surface area contributed by atoms with Gasteiger partial charge in [0.05, 0.1) is 23.5 Å². The molecule has 102 valence electrons. The predicted molar refractivity (Wildman–Crippen MR) is 74.9 cm³/mol. The van der Waals surface area contributed by atoms with Crippen molar-refractivity contribution in [1.82, 2.24) is 14.7 Å². The zero-order valence-corrected chi connectivity index (χ0v) is 11.4. The number of urea groups is 1. The van der Waals surface area contributed by atoms with Crippen LogP contribution in [-0.4, -0.2) is 27.8 Å². The van der Waals surface area contributed by atoms with Crippen molar-refractivity contribution < 1.29 is 4.79 Å². The molecule has 0 atom stereocenters. The Labute approximate surface area is 117 Å². The molecule has 1 aromatic carbocycles. The highest BCUT2D eigenvalue weighted by atomic mass is 16.2. The van der Waals surface area contributed by atoms with Crippen molar-refractivity contribution >= 4 is 11.7 Å². The molecule has 2 rings (SSSR count). The van der Waals surface area contributed by atoms with Crippen LogP contribution >= 0.6 is 0 Å². The molecule has 0 fully saturated rings. The van der Waals surface area contributed by atoms with Crippen molar-refractivity contribution in [2.75, 3.05) is 12.4 Å². The molecule has 1 heterocycles. The van der Waals surface area contributed by atoms with Gasteiger partial charge >= 0.3 is 6.03 Å². The maximum atomic E-state index is 12.0. The van der Waals surface area contributed by atoms with E-state index in [0.717, 1.165) is 5.56 Å². The minimum atomic E-state index is -0.206. The number of amides is 2. The van der Waals surface area contributed by atoms with Gasteiger partial charge in [-0.05, 0) is 17.7 Å². The number of aromatic nitrogens is 2. The minimum Gasteiger partial charge on any atom is -0.323 e. The number of nitrogens with zero attached hydrogens (tertiary/aromatic N) is 4. The molecule has 1 aromatic heterocycles. The number of carbonyl (C=O) groups excluding carboxylic acids is 1. The van der Waals surface area contributed by atoms with Gasteiger partial charge in [-0.1, -0.05) is 12.1 Å². The molecular weight excluding hydrogens is 254 g/mol. The van der Waals surface area contributed by atoms with Gasteiger partial charge in [0.25, 0.3) is 0 Å². The van der Waals surface area contributed by atoms with E-state index in [1.54, 1.807) is 48.2 Å². The zero-order valence-electron chi connectivity index (χ0n) is 11.4. The van der Waals surface area contributed by atoms with Crippen LogP contribution in [0.15, 0.2) is 36.7 Å². The molecule has 2 aromatic rings. The molecule has 0 aliphatic heterocycles. The number of hydrogen-bond donors (Lipinski definition) is 1. The van der Waals surface area contributed by atoms with Crippen molar-refractivity contribution in [3.8, 4) is 6.07 Å². The van der Waals surface area contributed by atoms with E-state index in [-0.39, 0.29) is 6.03 Å². The molecule has 0 saturated heterocycles. The molecule has 6 nitrogen and oxygen atoms in total. The summed E-state index contributed by atoms with van der Waals surface area (Å²) in [5, 5.41) is 15.5. The summed E-state index contributed by atoms with van der Waals surface area (Å²) in [5.41, 5.74) is 2.23. The number of hydrogen-bond acceptors (Lipinski definition) is 3. The first-order chi connectivity index (χ1) is 9.58. The summed E-state index contributed by atoms with van der Waals surface area (Å²) in [6, 6.07) is 9.01. The van der Waals surface area contributed by atoms with Crippen LogP contribution < -0.4 is 5.32 Å². The van der Waals surface area contributed by atoms with Crippen molar-refractivity contribution in [3.63, 3.8) is 0 Å². The third-order valence-electron chi connectivity index (χ3n) is 2.81. The highest BCUT2D eigenvalue weighted by Crippen LogP contribution is 2.09. The molecule has 0 spiro atoms. The molecule has 0 bridgehead atoms. The number of rotatable bonds is 3. The first-order valence-corrected chi connectivity index (χ1v) is 6.08. The zero-order chi connectivity index (χ0) is 14.5. The van der Waals surface area contributed by atoms with Crippen molar-refractivity contribution in [2.24, 2.45) is 7.05 Å². The summed E-state index contributed by atoms with van der Waals surface area (Å²) in [6.07, 6.45) is 3.32. The van der Waals surface area contributed by atoms with Crippen LogP contribution in [0.25, 0.3) is 0 Å². The number of nitriles is 1. The van der Waals surface area contributed by atoms with Crippen molar-refractivity contribution in [1.29, 1.82) is 5.26 Å². The average molecular weight is 269 g/mol. The smallest absolute Gasteiger partial charge is 0.321 e. The highest BCUT2D eigenvalue weighted by Gasteiger charge is 2.10. The Bertz CT molecular complexity index is 638. The Hall–Kier alpha value is -2.81. The molecule has 2 amide bonds. The summed E-state index contributed by atoms with van der Waals surface area (Å²) in [4.78, 5) is 13.5. The lowest BCUT2D eigenvalue weighted by atomic mass is 10.1. The molecule has 0 aliphatic carbocycles. The van der Waals surface area contributed by atoms with Gasteiger partial charge in [-0.3, -0.25) is 4.68 Å². The van der Waals surface area contributed by atoms with E-state index >= 15 is 0 Å². The summed E-state index contributed by atoms with van der Waals surface area (Å²) < 4.78 is 1.62. The first-order valence-electron chi connectivity index (χ1n) is 6.08. The Morgan fingerprint density at radius 2 is 2.15 bits per heavy atom. The highest BCUT2D eigenvalue weighted by molar-refractivity contribution is 5.88. The van der Waals surface area contributed by atoms with Gasteiger partial charge in [-0.15, -0.1) is 0 Å². The number of aryl methyl sites for hydroxylation is 1. The van der Waals surface area contributed by atoms with E-state index < -0.39 is 0 Å². The summed E-state index contributed by atoms with van der Waals surface area (Å²) in [5.74, 6) is 0. The van der Waals surface area contributed by atoms with Gasteiger partial charge in [0, 0.05) is 26.8 Å². The van der Waals surface area contributed by atoms with Gasteiger partial charge in [-0.2, -0.15) is 10.4 Å². The predicted octanol–water partition coefficient (Wildman–Crippen LogP) is 1.96. The lowest BCUT2D eigenvalue weighted by molar-refractivity contribution is 0.220. The lowest BCUT2D eigenvalue weighted by Gasteiger charge is -2.17. The largest absolute Gasteiger partial charge is 0.323 e. The second-order valence-electron chi connectivity index (χ2n) is 4.50. The molecule has 0 unspecified atom stereocenters. The van der Waals surface area contributed by atoms with Crippen LogP contribution in [0.4, 0.5) is 10.5 Å². The maximum absolute atomic E-state index is 12.0. The fourth-order valence-electron chi connectivity index (χ4n) is 1.74. The lowest BCUT2D eigenvalue weighted by Crippen LogP contribution is -2.30. The Morgan fingerprint density at radius 1 is 1.45 bits per heavy atom. The number of nitrogens with one attached hydrogen (secondary N) is 1. The average Bonchev–Trinajstić information content (AvgIpc) is 2.85. The summed E-state index contributed by atoms with van der Waals surface area (Å²) in [6.45, 7) is 0.470. The minimum absolute atomic E-state index is 0.206. The van der Waals surface area contributed by atoms with Crippen LogP contribution in [-0.2, 0) is 13.6 Å². The molecular formula is C14H15N5O. The molecule has 0 radical (unpaired) electrons. The standard InChI is InChI=1S/C14H15N5O/c1-18(9-12-5-3-11(7-15)4-6-12)14(20)17-13-8-16-19(2)10-13/h3-6,8,10H,9H2,1-2H3,(H,17,20). The molecule has 20 heavy (non-hydrogen) atoms. The van der Waals surface area contributed by atoms with Gasteiger partial charge in [0.15, 0.2) is 0 Å². The monoisotopic (exact) mass is 269 g/mol. The summed E-state index contributed by atoms with van der Waals surface area (Å²) >= 11 is 0. The molecule has 0 aliphatic rings. The van der Waals surface area contributed by atoms with Crippen LogP contribution in [0, 0.1) is 11.3 Å². The third-order valence-corrected chi connectivity index (χ3v) is 2.81. The van der Waals surface area contributed by atoms with Crippen LogP contribution in [0.3, 0.4) is 0 Å². The normalized spacial score (nSPS) is 9.85. The van der Waals surface area contributed by atoms with Crippen LogP contribution in [0.5, 0.6) is 0 Å². The molecule has 6 heteroatoms. The van der Waals surface area contributed by atoms with Crippen molar-refractivity contribution in [3.05, 3.63) is 47.8 Å². The Morgan fingerprint density at radius 3 is 2.70 bits per heavy atom. The van der Waals surface area contributed by atoms with Gasteiger partial charge < -0.3 is 10.2 Å². The fourth-order valence-corrected chi connectivity index (χ4v) is 1.74. The Balaban J connectivity index is 1.95. The van der Waals surface area contributed by atoms with Gasteiger partial charge in [0.2, 0.25) is 0 Å². The summed E-state index contributed by atoms with van der Waals surface area (Å²) in [7, 11) is 3.50. The van der Waals surface area contributed by atoms with E-state index in [2.05, 4.69) is 16.5 Å². The Kier molecular flexibility index (Phi) is 4.01. The number of benzene rings is 1. The SMILES string of the molecule is CN(Cc1ccc(C#N)cc1)C(=O)Nc1cnn(C)c1. The van der Waals surface area contributed by atoms with Gasteiger partial charge in [0.1, 0.15) is 0 Å². The number of anilines is 1. The third kappa shape index (κ3) is 3.36. The van der Waals surface area contributed by atoms with E-state index in [1.807, 2.05) is 12.1 Å². The molecule has 1 N–H and O–H groups in total. The van der Waals surface area contributed by atoms with Crippen molar-refractivity contribution in [2.45, 2.75) is 6.54 Å².